The standard InChI is InChI=1S/C18H28N4OS.HI/c1-3-19-18(21-12-14-24-2)20-11-6-9-17(23)22-13-10-15-7-4-5-8-16(15)22;/h4-5,7-8H,3,6,9-14H2,1-2H3,(H2,19,20,21);1H. The molecule has 1 aromatic carbocycles. The van der Waals surface area contributed by atoms with Crippen LogP contribution in [0.4, 0.5) is 5.69 Å². The van der Waals surface area contributed by atoms with Crippen molar-refractivity contribution in [2.45, 2.75) is 26.2 Å². The average molecular weight is 476 g/mol. The molecule has 0 unspecified atom stereocenters. The Labute approximate surface area is 172 Å². The van der Waals surface area contributed by atoms with Crippen LogP contribution in [0.25, 0.3) is 0 Å². The van der Waals surface area contributed by atoms with E-state index >= 15 is 0 Å². The van der Waals surface area contributed by atoms with E-state index in [-0.39, 0.29) is 29.9 Å². The lowest BCUT2D eigenvalue weighted by atomic mass is 10.2. The minimum absolute atomic E-state index is 0. The molecule has 2 N–H and O–H groups in total. The highest BCUT2D eigenvalue weighted by Gasteiger charge is 2.23. The Morgan fingerprint density at radius 3 is 2.88 bits per heavy atom. The quantitative estimate of drug-likeness (QED) is 0.262. The van der Waals surface area contributed by atoms with Crippen LogP contribution in [0, 0.1) is 0 Å². The lowest BCUT2D eigenvalue weighted by Gasteiger charge is -2.17. The maximum atomic E-state index is 12.4. The number of rotatable bonds is 8. The molecular weight excluding hydrogens is 447 g/mol. The van der Waals surface area contributed by atoms with Gasteiger partial charge in [0.25, 0.3) is 0 Å². The molecule has 5 nitrogen and oxygen atoms in total. The number of hydrogen-bond donors (Lipinski definition) is 2. The van der Waals surface area contributed by atoms with E-state index in [2.05, 4.69) is 34.9 Å². The number of hydrogen-bond acceptors (Lipinski definition) is 3. The van der Waals surface area contributed by atoms with Crippen LogP contribution in [0.15, 0.2) is 29.3 Å². The number of halogens is 1. The number of nitrogens with zero attached hydrogens (tertiary/aromatic N) is 2. The molecule has 140 valence electrons. The Balaban J connectivity index is 0.00000312. The maximum Gasteiger partial charge on any atom is 0.227 e. The van der Waals surface area contributed by atoms with E-state index < -0.39 is 0 Å². The van der Waals surface area contributed by atoms with Crippen molar-refractivity contribution in [1.29, 1.82) is 0 Å². The molecule has 0 saturated carbocycles. The molecule has 0 spiro atoms. The van der Waals surface area contributed by atoms with Crippen molar-refractivity contribution in [3.8, 4) is 0 Å². The Kier molecular flexibility index (Phi) is 11.0. The van der Waals surface area contributed by atoms with E-state index in [1.54, 1.807) is 0 Å². The third-order valence-electron chi connectivity index (χ3n) is 3.95. The van der Waals surface area contributed by atoms with Gasteiger partial charge in [0, 0.05) is 44.0 Å². The molecule has 0 bridgehead atoms. The number of guanidine groups is 1. The minimum Gasteiger partial charge on any atom is -0.357 e. The molecule has 1 heterocycles. The minimum atomic E-state index is 0. The summed E-state index contributed by atoms with van der Waals surface area (Å²) in [5, 5.41) is 6.53. The van der Waals surface area contributed by atoms with Crippen LogP contribution in [0.1, 0.15) is 25.3 Å². The number of amides is 1. The maximum absolute atomic E-state index is 12.4. The third kappa shape index (κ3) is 7.05. The topological polar surface area (TPSA) is 56.7 Å². The molecular formula is C18H29IN4OS. The second kappa shape index (κ2) is 12.4. The summed E-state index contributed by atoms with van der Waals surface area (Å²) in [5.41, 5.74) is 2.36. The summed E-state index contributed by atoms with van der Waals surface area (Å²) in [7, 11) is 0. The number of thioether (sulfide) groups is 1. The van der Waals surface area contributed by atoms with Crippen LogP contribution in [0.2, 0.25) is 0 Å². The van der Waals surface area contributed by atoms with Crippen LogP contribution in [0.5, 0.6) is 0 Å². The first-order valence-electron chi connectivity index (χ1n) is 8.65. The van der Waals surface area contributed by atoms with E-state index in [9.17, 15) is 4.79 Å². The van der Waals surface area contributed by atoms with Gasteiger partial charge in [-0.05, 0) is 37.7 Å². The van der Waals surface area contributed by atoms with Crippen LogP contribution in [-0.4, -0.2) is 50.1 Å². The van der Waals surface area contributed by atoms with E-state index in [1.807, 2.05) is 34.9 Å². The van der Waals surface area contributed by atoms with Crippen molar-refractivity contribution in [3.63, 3.8) is 0 Å². The van der Waals surface area contributed by atoms with Crippen molar-refractivity contribution in [2.75, 3.05) is 43.1 Å². The van der Waals surface area contributed by atoms with E-state index in [4.69, 9.17) is 0 Å². The van der Waals surface area contributed by atoms with Crippen molar-refractivity contribution >= 4 is 53.3 Å². The van der Waals surface area contributed by atoms with Crippen molar-refractivity contribution in [2.24, 2.45) is 4.99 Å². The molecule has 0 atom stereocenters. The number of anilines is 1. The zero-order chi connectivity index (χ0) is 17.2. The number of carbonyl (C=O) groups excluding carboxylic acids is 1. The van der Waals surface area contributed by atoms with Crippen LogP contribution >= 0.6 is 35.7 Å². The van der Waals surface area contributed by atoms with Gasteiger partial charge in [-0.3, -0.25) is 9.79 Å². The molecule has 7 heteroatoms. The summed E-state index contributed by atoms with van der Waals surface area (Å²) in [6.07, 6.45) is 4.37. The highest BCUT2D eigenvalue weighted by Crippen LogP contribution is 2.27. The number of para-hydroxylation sites is 1. The normalized spacial score (nSPS) is 13.2. The summed E-state index contributed by atoms with van der Waals surface area (Å²) in [6, 6.07) is 8.18. The summed E-state index contributed by atoms with van der Waals surface area (Å²) in [4.78, 5) is 18.9. The predicted molar refractivity (Wildman–Crippen MR) is 120 cm³/mol. The molecule has 0 aliphatic carbocycles. The SMILES string of the molecule is CCNC(=NCCCC(=O)N1CCc2ccccc21)NCCSC.I. The van der Waals surface area contributed by atoms with Gasteiger partial charge in [0.1, 0.15) is 0 Å². The monoisotopic (exact) mass is 476 g/mol. The lowest BCUT2D eigenvalue weighted by Crippen LogP contribution is -2.38. The van der Waals surface area contributed by atoms with E-state index in [0.717, 1.165) is 49.9 Å². The lowest BCUT2D eigenvalue weighted by molar-refractivity contribution is -0.118. The third-order valence-corrected chi connectivity index (χ3v) is 4.56. The van der Waals surface area contributed by atoms with Gasteiger partial charge >= 0.3 is 0 Å². The summed E-state index contributed by atoms with van der Waals surface area (Å²) >= 11 is 1.81. The smallest absolute Gasteiger partial charge is 0.227 e. The van der Waals surface area contributed by atoms with E-state index in [0.29, 0.717) is 13.0 Å². The van der Waals surface area contributed by atoms with Gasteiger partial charge in [-0.2, -0.15) is 11.8 Å². The van der Waals surface area contributed by atoms with E-state index in [1.165, 1.54) is 5.56 Å². The molecule has 0 radical (unpaired) electrons. The highest BCUT2D eigenvalue weighted by molar-refractivity contribution is 14.0. The zero-order valence-electron chi connectivity index (χ0n) is 15.1. The molecule has 0 fully saturated rings. The summed E-state index contributed by atoms with van der Waals surface area (Å²) < 4.78 is 0. The number of nitrogens with one attached hydrogen (secondary N) is 2. The summed E-state index contributed by atoms with van der Waals surface area (Å²) in [6.45, 7) is 5.27. The number of fused-ring (bicyclic) bond motifs is 1. The molecule has 1 aromatic rings. The fraction of sp³-hybridized carbons (Fsp3) is 0.556. The number of aliphatic imine (C=N–C) groups is 1. The van der Waals surface area contributed by atoms with Crippen molar-refractivity contribution in [1.82, 2.24) is 10.6 Å². The molecule has 1 aliphatic heterocycles. The molecule has 1 aliphatic rings. The molecule has 0 aromatic heterocycles. The summed E-state index contributed by atoms with van der Waals surface area (Å²) in [5.74, 6) is 2.10. The second-order valence-electron chi connectivity index (χ2n) is 5.71. The highest BCUT2D eigenvalue weighted by atomic mass is 127. The zero-order valence-corrected chi connectivity index (χ0v) is 18.2. The van der Waals surface area contributed by atoms with Gasteiger partial charge in [-0.15, -0.1) is 24.0 Å². The number of benzene rings is 1. The first-order valence-corrected chi connectivity index (χ1v) is 10.0. The largest absolute Gasteiger partial charge is 0.357 e. The van der Waals surface area contributed by atoms with Gasteiger partial charge in [0.05, 0.1) is 0 Å². The molecule has 1 amide bonds. The first-order chi connectivity index (χ1) is 11.8. The molecule has 0 saturated heterocycles. The van der Waals surface area contributed by atoms with Crippen molar-refractivity contribution < 1.29 is 4.79 Å². The predicted octanol–water partition coefficient (Wildman–Crippen LogP) is 2.89. The first kappa shape index (κ1) is 22.1. The fourth-order valence-corrected chi connectivity index (χ4v) is 3.07. The fourth-order valence-electron chi connectivity index (χ4n) is 2.77. The van der Waals surface area contributed by atoms with Crippen molar-refractivity contribution in [3.05, 3.63) is 29.8 Å². The average Bonchev–Trinajstić information content (AvgIpc) is 3.03. The van der Waals surface area contributed by atoms with Gasteiger partial charge < -0.3 is 15.5 Å². The Bertz CT molecular complexity index is 568. The van der Waals surface area contributed by atoms with Gasteiger partial charge in [0.15, 0.2) is 5.96 Å². The Hall–Kier alpha value is -0.960. The Morgan fingerprint density at radius 2 is 2.12 bits per heavy atom. The molecule has 25 heavy (non-hydrogen) atoms. The second-order valence-corrected chi connectivity index (χ2v) is 6.69. The van der Waals surface area contributed by atoms with Gasteiger partial charge in [-0.1, -0.05) is 18.2 Å². The van der Waals surface area contributed by atoms with Crippen LogP contribution in [0.3, 0.4) is 0 Å². The molecule has 2 rings (SSSR count). The Morgan fingerprint density at radius 1 is 1.32 bits per heavy atom. The number of carbonyl (C=O) groups is 1. The van der Waals surface area contributed by atoms with Crippen LogP contribution in [-0.2, 0) is 11.2 Å². The van der Waals surface area contributed by atoms with Gasteiger partial charge in [-0.25, -0.2) is 0 Å². The van der Waals surface area contributed by atoms with Gasteiger partial charge in [0.2, 0.25) is 5.91 Å². The van der Waals surface area contributed by atoms with Crippen LogP contribution < -0.4 is 15.5 Å².